The molecule has 3 aliphatic rings. The number of fused-ring (bicyclic) bond motifs is 2. The summed E-state index contributed by atoms with van der Waals surface area (Å²) in [6, 6.07) is 0. The van der Waals surface area contributed by atoms with Crippen molar-refractivity contribution >= 4 is 11.9 Å². The topological polar surface area (TPSA) is 72.8 Å². The lowest BCUT2D eigenvalue weighted by atomic mass is 9.86. The van der Waals surface area contributed by atoms with E-state index in [4.69, 9.17) is 9.47 Å². The second-order valence-electron chi connectivity index (χ2n) is 6.41. The first kappa shape index (κ1) is 12.7. The third-order valence-electron chi connectivity index (χ3n) is 4.59. The van der Waals surface area contributed by atoms with Crippen LogP contribution in [0.15, 0.2) is 12.2 Å². The maximum Gasteiger partial charge on any atom is 0.380 e. The molecular formula is C14H18O5. The lowest BCUT2D eigenvalue weighted by Gasteiger charge is -2.32. The molecule has 2 aliphatic carbocycles. The van der Waals surface area contributed by atoms with Crippen LogP contribution in [0, 0.1) is 23.2 Å². The highest BCUT2D eigenvalue weighted by Crippen LogP contribution is 2.46. The first-order valence-corrected chi connectivity index (χ1v) is 6.64. The van der Waals surface area contributed by atoms with Gasteiger partial charge in [-0.3, -0.25) is 4.79 Å². The quantitative estimate of drug-likeness (QED) is 0.459. The van der Waals surface area contributed by atoms with Crippen LogP contribution in [-0.4, -0.2) is 29.4 Å². The summed E-state index contributed by atoms with van der Waals surface area (Å²) in [5.74, 6) is -3.16. The molecule has 4 unspecified atom stereocenters. The third kappa shape index (κ3) is 1.71. The van der Waals surface area contributed by atoms with Crippen molar-refractivity contribution in [3.63, 3.8) is 0 Å². The average molecular weight is 266 g/mol. The zero-order valence-electron chi connectivity index (χ0n) is 11.1. The summed E-state index contributed by atoms with van der Waals surface area (Å²) in [5, 5.41) is 10.4. The number of allylic oxidation sites excluding steroid dienone is 2. The molecule has 1 saturated heterocycles. The van der Waals surface area contributed by atoms with E-state index in [2.05, 4.69) is 6.08 Å². The second kappa shape index (κ2) is 3.82. The van der Waals surface area contributed by atoms with Gasteiger partial charge in [0, 0.05) is 0 Å². The van der Waals surface area contributed by atoms with Gasteiger partial charge in [0.05, 0.1) is 11.3 Å². The van der Waals surface area contributed by atoms with E-state index in [-0.39, 0.29) is 18.4 Å². The van der Waals surface area contributed by atoms with Crippen LogP contribution in [-0.2, 0) is 19.1 Å². The summed E-state index contributed by atoms with van der Waals surface area (Å²) in [4.78, 5) is 23.9. The van der Waals surface area contributed by atoms with Crippen molar-refractivity contribution in [3.8, 4) is 0 Å². The standard InChI is InChI=1S/C14H18O5/c1-13(2)7-18-12(16)14(13,17)19-11(15)10-6-8-3-4-9(10)5-8/h3-4,8-10,17H,5-7H2,1-2H3. The Labute approximate surface area is 111 Å². The largest absolute Gasteiger partial charge is 0.460 e. The Kier molecular flexibility index (Phi) is 2.55. The van der Waals surface area contributed by atoms with Crippen LogP contribution in [0.3, 0.4) is 0 Å². The number of rotatable bonds is 2. The van der Waals surface area contributed by atoms with Crippen molar-refractivity contribution in [2.75, 3.05) is 6.61 Å². The van der Waals surface area contributed by atoms with Crippen molar-refractivity contribution in [3.05, 3.63) is 12.2 Å². The van der Waals surface area contributed by atoms with Gasteiger partial charge in [-0.05, 0) is 38.5 Å². The van der Waals surface area contributed by atoms with E-state index in [1.165, 1.54) is 0 Å². The highest BCUT2D eigenvalue weighted by Gasteiger charge is 2.61. The van der Waals surface area contributed by atoms with Crippen molar-refractivity contribution in [1.29, 1.82) is 0 Å². The Morgan fingerprint density at radius 3 is 2.63 bits per heavy atom. The van der Waals surface area contributed by atoms with Crippen molar-refractivity contribution < 1.29 is 24.2 Å². The van der Waals surface area contributed by atoms with E-state index in [0.29, 0.717) is 5.92 Å². The average Bonchev–Trinajstić information content (AvgIpc) is 3.01. The number of hydrogen-bond acceptors (Lipinski definition) is 5. The summed E-state index contributed by atoms with van der Waals surface area (Å²) in [6.45, 7) is 3.34. The summed E-state index contributed by atoms with van der Waals surface area (Å²) in [5.41, 5.74) is -0.923. The van der Waals surface area contributed by atoms with Crippen LogP contribution >= 0.6 is 0 Å². The van der Waals surface area contributed by atoms with Crippen LogP contribution < -0.4 is 0 Å². The number of ether oxygens (including phenoxy) is 2. The molecule has 1 saturated carbocycles. The zero-order chi connectivity index (χ0) is 13.8. The van der Waals surface area contributed by atoms with Gasteiger partial charge in [-0.1, -0.05) is 12.2 Å². The second-order valence-corrected chi connectivity index (χ2v) is 6.41. The molecule has 1 aliphatic heterocycles. The molecule has 2 fully saturated rings. The molecule has 5 nitrogen and oxygen atoms in total. The Morgan fingerprint density at radius 1 is 1.42 bits per heavy atom. The van der Waals surface area contributed by atoms with Crippen LogP contribution in [0.4, 0.5) is 0 Å². The molecule has 1 N–H and O–H groups in total. The van der Waals surface area contributed by atoms with Crippen molar-refractivity contribution in [2.24, 2.45) is 23.2 Å². The highest BCUT2D eigenvalue weighted by molar-refractivity contribution is 5.85. The lowest BCUT2D eigenvalue weighted by Crippen LogP contribution is -2.51. The lowest BCUT2D eigenvalue weighted by molar-refractivity contribution is -0.238. The number of hydrogen-bond donors (Lipinski definition) is 1. The Bertz CT molecular complexity index is 466. The van der Waals surface area contributed by atoms with Gasteiger partial charge in [-0.15, -0.1) is 0 Å². The predicted molar refractivity (Wildman–Crippen MR) is 64.6 cm³/mol. The monoisotopic (exact) mass is 266 g/mol. The van der Waals surface area contributed by atoms with Gasteiger partial charge >= 0.3 is 17.7 Å². The van der Waals surface area contributed by atoms with Gasteiger partial charge in [0.15, 0.2) is 0 Å². The maximum atomic E-state index is 12.2. The molecule has 0 aromatic heterocycles. The summed E-state index contributed by atoms with van der Waals surface area (Å²) in [7, 11) is 0. The minimum Gasteiger partial charge on any atom is -0.460 e. The Morgan fingerprint density at radius 2 is 2.16 bits per heavy atom. The molecule has 0 aromatic carbocycles. The highest BCUT2D eigenvalue weighted by atomic mass is 16.7. The fourth-order valence-electron chi connectivity index (χ4n) is 3.17. The molecule has 104 valence electrons. The predicted octanol–water partition coefficient (Wildman–Crippen LogP) is 1.01. The van der Waals surface area contributed by atoms with Crippen LogP contribution in [0.5, 0.6) is 0 Å². The van der Waals surface area contributed by atoms with Gasteiger partial charge in [0.1, 0.15) is 6.61 Å². The fraction of sp³-hybridized carbons (Fsp3) is 0.714. The number of carbonyl (C=O) groups excluding carboxylic acids is 2. The number of cyclic esters (lactones) is 1. The molecule has 1 heterocycles. The van der Waals surface area contributed by atoms with E-state index < -0.39 is 23.1 Å². The normalized spacial score (nSPS) is 42.5. The zero-order valence-corrected chi connectivity index (χ0v) is 11.1. The molecule has 0 spiro atoms. The summed E-state index contributed by atoms with van der Waals surface area (Å²) < 4.78 is 10.0. The molecule has 0 radical (unpaired) electrons. The van der Waals surface area contributed by atoms with Gasteiger partial charge in [0.2, 0.25) is 0 Å². The van der Waals surface area contributed by atoms with E-state index in [1.54, 1.807) is 13.8 Å². The minimum atomic E-state index is -2.16. The first-order valence-electron chi connectivity index (χ1n) is 6.64. The van der Waals surface area contributed by atoms with Crippen molar-refractivity contribution in [1.82, 2.24) is 0 Å². The Balaban J connectivity index is 1.76. The SMILES string of the molecule is CC1(C)COC(=O)C1(O)OC(=O)C1CC2C=CC1C2. The van der Waals surface area contributed by atoms with E-state index in [1.807, 2.05) is 6.08 Å². The third-order valence-corrected chi connectivity index (χ3v) is 4.59. The molecule has 5 heteroatoms. The number of carbonyl (C=O) groups is 2. The molecular weight excluding hydrogens is 248 g/mol. The minimum absolute atomic E-state index is 0.0479. The fourth-order valence-corrected chi connectivity index (χ4v) is 3.17. The molecule has 19 heavy (non-hydrogen) atoms. The molecule has 4 atom stereocenters. The van der Waals surface area contributed by atoms with Crippen LogP contribution in [0.1, 0.15) is 26.7 Å². The van der Waals surface area contributed by atoms with Gasteiger partial charge < -0.3 is 14.6 Å². The molecule has 3 rings (SSSR count). The maximum absolute atomic E-state index is 12.2. The number of esters is 2. The van der Waals surface area contributed by atoms with Gasteiger partial charge in [-0.25, -0.2) is 4.79 Å². The van der Waals surface area contributed by atoms with Crippen LogP contribution in [0.25, 0.3) is 0 Å². The molecule has 2 bridgehead atoms. The van der Waals surface area contributed by atoms with Gasteiger partial charge in [-0.2, -0.15) is 0 Å². The van der Waals surface area contributed by atoms with Crippen molar-refractivity contribution in [2.45, 2.75) is 32.5 Å². The smallest absolute Gasteiger partial charge is 0.380 e. The first-order chi connectivity index (χ1) is 8.83. The number of aliphatic hydroxyl groups is 1. The Hall–Kier alpha value is -1.36. The molecule has 0 aromatic rings. The van der Waals surface area contributed by atoms with E-state index in [0.717, 1.165) is 12.8 Å². The summed E-state index contributed by atoms with van der Waals surface area (Å²) in [6.07, 6.45) is 5.86. The summed E-state index contributed by atoms with van der Waals surface area (Å²) >= 11 is 0. The van der Waals surface area contributed by atoms with Crippen LogP contribution in [0.2, 0.25) is 0 Å². The van der Waals surface area contributed by atoms with E-state index >= 15 is 0 Å². The molecule has 0 amide bonds. The van der Waals surface area contributed by atoms with E-state index in [9.17, 15) is 14.7 Å². The van der Waals surface area contributed by atoms with Gasteiger partial charge in [0.25, 0.3) is 0 Å².